The van der Waals surface area contributed by atoms with Crippen LogP contribution in [0.15, 0.2) is 23.1 Å². The normalized spacial score (nSPS) is 10.6. The summed E-state index contributed by atoms with van der Waals surface area (Å²) < 4.78 is 4.56. The molecule has 19 heavy (non-hydrogen) atoms. The van der Waals surface area contributed by atoms with Crippen molar-refractivity contribution in [3.8, 4) is 0 Å². The molecule has 0 aliphatic heterocycles. The average molecular weight is 280 g/mol. The van der Waals surface area contributed by atoms with Crippen molar-refractivity contribution in [1.29, 1.82) is 0 Å². The fourth-order valence-electron chi connectivity index (χ4n) is 1.67. The maximum Gasteiger partial charge on any atom is 0.305 e. The Hall–Kier alpha value is -1.29. The van der Waals surface area contributed by atoms with Crippen LogP contribution in [-0.4, -0.2) is 24.1 Å². The lowest BCUT2D eigenvalue weighted by molar-refractivity contribution is -0.140. The molecule has 0 radical (unpaired) electrons. The van der Waals surface area contributed by atoms with Crippen molar-refractivity contribution in [3.63, 3.8) is 0 Å². The largest absolute Gasteiger partial charge is 0.469 e. The summed E-state index contributed by atoms with van der Waals surface area (Å²) in [7, 11) is 1.33. The number of aryl methyl sites for hydroxylation is 1. The zero-order valence-corrected chi connectivity index (χ0v) is 12.7. The van der Waals surface area contributed by atoms with Crippen LogP contribution in [0.4, 0.5) is 0 Å². The number of rotatable bonds is 6. The summed E-state index contributed by atoms with van der Waals surface area (Å²) in [6.45, 7) is 6.14. The van der Waals surface area contributed by atoms with Crippen LogP contribution < -0.4 is 0 Å². The second-order valence-electron chi connectivity index (χ2n) is 4.67. The molecule has 0 heterocycles. The van der Waals surface area contributed by atoms with E-state index in [9.17, 15) is 9.59 Å². The zero-order chi connectivity index (χ0) is 14.4. The van der Waals surface area contributed by atoms with E-state index in [2.05, 4.69) is 18.6 Å². The van der Waals surface area contributed by atoms with Crippen LogP contribution in [0.5, 0.6) is 0 Å². The van der Waals surface area contributed by atoms with E-state index >= 15 is 0 Å². The first-order valence-electron chi connectivity index (χ1n) is 6.31. The van der Waals surface area contributed by atoms with Gasteiger partial charge in [-0.25, -0.2) is 0 Å². The van der Waals surface area contributed by atoms with Crippen LogP contribution in [0.25, 0.3) is 0 Å². The molecule has 104 valence electrons. The van der Waals surface area contributed by atoms with Gasteiger partial charge in [0.1, 0.15) is 0 Å². The number of hydrogen-bond acceptors (Lipinski definition) is 4. The average Bonchev–Trinajstić information content (AvgIpc) is 2.37. The highest BCUT2D eigenvalue weighted by atomic mass is 32.2. The molecule has 4 heteroatoms. The number of carbonyl (C=O) groups is 2. The molecule has 0 spiro atoms. The van der Waals surface area contributed by atoms with Gasteiger partial charge in [0.15, 0.2) is 5.78 Å². The van der Waals surface area contributed by atoms with Crippen molar-refractivity contribution in [2.24, 2.45) is 0 Å². The van der Waals surface area contributed by atoms with E-state index in [0.717, 1.165) is 10.5 Å². The van der Waals surface area contributed by atoms with Gasteiger partial charge in [-0.3, -0.25) is 9.59 Å². The Morgan fingerprint density at radius 2 is 1.95 bits per heavy atom. The summed E-state index contributed by atoms with van der Waals surface area (Å²) in [6, 6.07) is 5.87. The predicted octanol–water partition coefficient (Wildman–Crippen LogP) is 3.63. The van der Waals surface area contributed by atoms with Crippen LogP contribution >= 0.6 is 11.8 Å². The van der Waals surface area contributed by atoms with Gasteiger partial charge in [-0.2, -0.15) is 0 Å². The van der Waals surface area contributed by atoms with Gasteiger partial charge >= 0.3 is 5.97 Å². The van der Waals surface area contributed by atoms with E-state index < -0.39 is 0 Å². The first-order valence-corrected chi connectivity index (χ1v) is 7.19. The van der Waals surface area contributed by atoms with Gasteiger partial charge in [0, 0.05) is 22.1 Å². The van der Waals surface area contributed by atoms with Crippen molar-refractivity contribution < 1.29 is 14.3 Å². The Labute approximate surface area is 118 Å². The lowest BCUT2D eigenvalue weighted by atomic mass is 10.0. The van der Waals surface area contributed by atoms with Crippen molar-refractivity contribution in [3.05, 3.63) is 29.3 Å². The summed E-state index contributed by atoms with van der Waals surface area (Å²) in [5.74, 6) is -0.351. The number of methoxy groups -OCH3 is 1. The SMILES string of the molecule is COC(=O)CCC(=O)c1cc(C)ccc1SC(C)C. The minimum atomic E-state index is -0.348. The third-order valence-electron chi connectivity index (χ3n) is 2.58. The summed E-state index contributed by atoms with van der Waals surface area (Å²) in [5.41, 5.74) is 1.76. The smallest absolute Gasteiger partial charge is 0.305 e. The number of thioether (sulfide) groups is 1. The number of benzene rings is 1. The van der Waals surface area contributed by atoms with Gasteiger partial charge in [-0.05, 0) is 19.1 Å². The topological polar surface area (TPSA) is 43.4 Å². The Balaban J connectivity index is 2.87. The second kappa shape index (κ2) is 7.34. The highest BCUT2D eigenvalue weighted by Gasteiger charge is 2.15. The van der Waals surface area contributed by atoms with E-state index in [1.54, 1.807) is 11.8 Å². The Kier molecular flexibility index (Phi) is 6.09. The van der Waals surface area contributed by atoms with E-state index in [1.807, 2.05) is 25.1 Å². The van der Waals surface area contributed by atoms with Crippen LogP contribution in [0.1, 0.15) is 42.6 Å². The van der Waals surface area contributed by atoms with Crippen LogP contribution in [0.3, 0.4) is 0 Å². The first-order chi connectivity index (χ1) is 8.93. The molecule has 0 fully saturated rings. The van der Waals surface area contributed by atoms with Gasteiger partial charge in [-0.1, -0.05) is 25.5 Å². The van der Waals surface area contributed by atoms with Crippen LogP contribution in [0, 0.1) is 6.92 Å². The molecule has 0 amide bonds. The third kappa shape index (κ3) is 5.07. The quantitative estimate of drug-likeness (QED) is 0.453. The molecule has 0 unspecified atom stereocenters. The molecule has 0 N–H and O–H groups in total. The van der Waals surface area contributed by atoms with Gasteiger partial charge in [0.05, 0.1) is 13.5 Å². The lowest BCUT2D eigenvalue weighted by Crippen LogP contribution is -2.07. The fraction of sp³-hybridized carbons (Fsp3) is 0.467. The van der Waals surface area contributed by atoms with Crippen LogP contribution in [-0.2, 0) is 9.53 Å². The highest BCUT2D eigenvalue weighted by Crippen LogP contribution is 2.28. The highest BCUT2D eigenvalue weighted by molar-refractivity contribution is 8.00. The summed E-state index contributed by atoms with van der Waals surface area (Å²) in [5, 5.41) is 0.412. The molecular formula is C15H20O3S. The number of esters is 1. The van der Waals surface area contributed by atoms with Gasteiger partial charge in [0.25, 0.3) is 0 Å². The minimum absolute atomic E-state index is 0.00255. The van der Waals surface area contributed by atoms with E-state index in [4.69, 9.17) is 0 Å². The molecule has 0 bridgehead atoms. The monoisotopic (exact) mass is 280 g/mol. The van der Waals surface area contributed by atoms with Gasteiger partial charge < -0.3 is 4.74 Å². The minimum Gasteiger partial charge on any atom is -0.469 e. The van der Waals surface area contributed by atoms with Crippen LogP contribution in [0.2, 0.25) is 0 Å². The third-order valence-corrected chi connectivity index (χ3v) is 3.66. The lowest BCUT2D eigenvalue weighted by Gasteiger charge is -2.11. The first kappa shape index (κ1) is 15.8. The maximum atomic E-state index is 12.2. The molecule has 0 atom stereocenters. The Morgan fingerprint density at radius 3 is 2.53 bits per heavy atom. The standard InChI is InChI=1S/C15H20O3S/c1-10(2)19-14-7-5-11(3)9-12(14)13(16)6-8-15(17)18-4/h5,7,9-10H,6,8H2,1-4H3. The number of ketones is 1. The Bertz CT molecular complexity index is 466. The van der Waals surface area contributed by atoms with Crippen molar-refractivity contribution in [2.45, 2.75) is 43.8 Å². The van der Waals surface area contributed by atoms with E-state index in [-0.39, 0.29) is 24.6 Å². The van der Waals surface area contributed by atoms with Gasteiger partial charge in [0.2, 0.25) is 0 Å². The molecule has 1 aromatic rings. The van der Waals surface area contributed by atoms with Gasteiger partial charge in [-0.15, -0.1) is 11.8 Å². The molecule has 0 aliphatic rings. The molecule has 3 nitrogen and oxygen atoms in total. The number of Topliss-reactive ketones (excluding diaryl/α,β-unsaturated/α-hetero) is 1. The zero-order valence-electron chi connectivity index (χ0n) is 11.9. The van der Waals surface area contributed by atoms with E-state index in [1.165, 1.54) is 7.11 Å². The number of carbonyl (C=O) groups excluding carboxylic acids is 2. The fourth-order valence-corrected chi connectivity index (χ4v) is 2.62. The number of ether oxygens (including phenoxy) is 1. The summed E-state index contributed by atoms with van der Waals surface area (Å²) in [6.07, 6.45) is 0.330. The molecule has 1 rings (SSSR count). The van der Waals surface area contributed by atoms with Crippen molar-refractivity contribution in [2.75, 3.05) is 7.11 Å². The molecule has 0 saturated heterocycles. The molecular weight excluding hydrogens is 260 g/mol. The maximum absolute atomic E-state index is 12.2. The van der Waals surface area contributed by atoms with E-state index in [0.29, 0.717) is 10.8 Å². The number of hydrogen-bond donors (Lipinski definition) is 0. The predicted molar refractivity (Wildman–Crippen MR) is 77.8 cm³/mol. The Morgan fingerprint density at radius 1 is 1.26 bits per heavy atom. The summed E-state index contributed by atoms with van der Waals surface area (Å²) in [4.78, 5) is 24.3. The second-order valence-corrected chi connectivity index (χ2v) is 6.28. The molecule has 0 saturated carbocycles. The summed E-state index contributed by atoms with van der Waals surface area (Å²) >= 11 is 1.67. The molecule has 1 aromatic carbocycles. The van der Waals surface area contributed by atoms with Crippen molar-refractivity contribution >= 4 is 23.5 Å². The van der Waals surface area contributed by atoms with Crippen molar-refractivity contribution in [1.82, 2.24) is 0 Å². The molecule has 0 aromatic heterocycles. The molecule has 0 aliphatic carbocycles.